The number of aromatic nitrogens is 2. The molecule has 2 rings (SSSR count). The second kappa shape index (κ2) is 10.4. The zero-order chi connectivity index (χ0) is 22.1. The van der Waals surface area contributed by atoms with Crippen molar-refractivity contribution >= 4 is 18.1 Å². The number of oxime groups is 1. The predicted molar refractivity (Wildman–Crippen MR) is 97.4 cm³/mol. The molecule has 0 saturated carbocycles. The summed E-state index contributed by atoms with van der Waals surface area (Å²) >= 11 is 0. The number of amides is 1. The summed E-state index contributed by atoms with van der Waals surface area (Å²) in [7, 11) is 0. The van der Waals surface area contributed by atoms with Crippen LogP contribution in [0.5, 0.6) is 0 Å². The van der Waals surface area contributed by atoms with E-state index in [1.807, 2.05) is 0 Å². The number of alkyl halides is 3. The van der Waals surface area contributed by atoms with Crippen molar-refractivity contribution in [1.82, 2.24) is 15.5 Å². The number of hydrogen-bond acceptors (Lipinski definition) is 8. The summed E-state index contributed by atoms with van der Waals surface area (Å²) < 4.78 is 46.4. The van der Waals surface area contributed by atoms with Crippen molar-refractivity contribution in [2.24, 2.45) is 5.16 Å². The van der Waals surface area contributed by atoms with Gasteiger partial charge in [0.1, 0.15) is 0 Å². The first-order chi connectivity index (χ1) is 14.2. The molecule has 9 nitrogen and oxygen atoms in total. The number of ether oxygens (including phenoxy) is 1. The van der Waals surface area contributed by atoms with Gasteiger partial charge in [-0.3, -0.25) is 4.79 Å². The zero-order valence-corrected chi connectivity index (χ0v) is 16.1. The number of hydrogen-bond donors (Lipinski definition) is 1. The Morgan fingerprint density at radius 3 is 2.60 bits per heavy atom. The molecule has 0 aliphatic heterocycles. The summed E-state index contributed by atoms with van der Waals surface area (Å²) in [6, 6.07) is 5.66. The van der Waals surface area contributed by atoms with Gasteiger partial charge >= 0.3 is 18.0 Å². The molecule has 1 amide bonds. The highest BCUT2D eigenvalue weighted by Gasteiger charge is 2.38. The Labute approximate surface area is 169 Å². The van der Waals surface area contributed by atoms with Crippen LogP contribution in [0.3, 0.4) is 0 Å². The molecule has 0 radical (unpaired) electrons. The molecule has 1 heterocycles. The van der Waals surface area contributed by atoms with Gasteiger partial charge in [-0.15, -0.1) is 0 Å². The number of nitrogens with one attached hydrogen (secondary N) is 1. The fraction of sp³-hybridized carbons (Fsp3) is 0.389. The van der Waals surface area contributed by atoms with Gasteiger partial charge in [-0.1, -0.05) is 22.4 Å². The monoisotopic (exact) mass is 428 g/mol. The first kappa shape index (κ1) is 22.8. The highest BCUT2D eigenvalue weighted by Crippen LogP contribution is 2.29. The normalized spacial score (nSPS) is 12.6. The molecule has 0 saturated heterocycles. The van der Waals surface area contributed by atoms with Crippen molar-refractivity contribution in [1.29, 1.82) is 0 Å². The molecule has 2 aromatic rings. The number of nitrogens with zero attached hydrogens (tertiary/aromatic N) is 3. The largest absolute Gasteiger partial charge is 0.471 e. The van der Waals surface area contributed by atoms with E-state index in [0.717, 1.165) is 0 Å². The van der Waals surface area contributed by atoms with E-state index in [4.69, 9.17) is 9.57 Å². The van der Waals surface area contributed by atoms with Crippen LogP contribution < -0.4 is 5.32 Å². The topological polar surface area (TPSA) is 116 Å². The highest BCUT2D eigenvalue weighted by molar-refractivity contribution is 5.94. The lowest BCUT2D eigenvalue weighted by atomic mass is 10.1. The Morgan fingerprint density at radius 1 is 1.30 bits per heavy atom. The van der Waals surface area contributed by atoms with E-state index in [1.54, 1.807) is 6.92 Å². The summed E-state index contributed by atoms with van der Waals surface area (Å²) in [5.41, 5.74) is 0.563. The Bertz CT molecular complexity index is 881. The number of carbonyl (C=O) groups is 2. The smallest absolute Gasteiger partial charge is 0.463 e. The highest BCUT2D eigenvalue weighted by atomic mass is 19.4. The molecule has 1 aromatic heterocycles. The Morgan fingerprint density at radius 2 is 2.00 bits per heavy atom. The van der Waals surface area contributed by atoms with Crippen molar-refractivity contribution in [2.45, 2.75) is 32.5 Å². The molecule has 1 N–H and O–H groups in total. The van der Waals surface area contributed by atoms with E-state index in [0.29, 0.717) is 12.0 Å². The van der Waals surface area contributed by atoms with Gasteiger partial charge in [0, 0.05) is 30.3 Å². The molecule has 0 spiro atoms. The lowest BCUT2D eigenvalue weighted by Gasteiger charge is -2.07. The fourth-order valence-electron chi connectivity index (χ4n) is 2.07. The second-order valence-electron chi connectivity index (χ2n) is 5.83. The molecular weight excluding hydrogens is 409 g/mol. The minimum Gasteiger partial charge on any atom is -0.463 e. The third-order valence-electron chi connectivity index (χ3n) is 3.54. The molecule has 1 aromatic carbocycles. The third kappa shape index (κ3) is 6.57. The first-order valence-corrected chi connectivity index (χ1v) is 8.86. The van der Waals surface area contributed by atoms with E-state index in [2.05, 4.69) is 25.1 Å². The average Bonchev–Trinajstić information content (AvgIpc) is 3.21. The summed E-state index contributed by atoms with van der Waals surface area (Å²) in [6.45, 7) is 3.67. The van der Waals surface area contributed by atoms with Crippen molar-refractivity contribution < 1.29 is 36.9 Å². The zero-order valence-electron chi connectivity index (χ0n) is 16.1. The lowest BCUT2D eigenvalue weighted by molar-refractivity contribution is -0.159. The van der Waals surface area contributed by atoms with Crippen LogP contribution in [-0.2, 0) is 20.5 Å². The predicted octanol–water partition coefficient (Wildman–Crippen LogP) is 2.83. The van der Waals surface area contributed by atoms with Crippen LogP contribution in [-0.4, -0.2) is 47.5 Å². The minimum absolute atomic E-state index is 0.234. The van der Waals surface area contributed by atoms with Gasteiger partial charge in [0.25, 0.3) is 5.91 Å². The number of esters is 1. The van der Waals surface area contributed by atoms with Crippen LogP contribution in [0.25, 0.3) is 11.4 Å². The van der Waals surface area contributed by atoms with Crippen LogP contribution in [0.1, 0.15) is 36.5 Å². The second-order valence-corrected chi connectivity index (χ2v) is 5.83. The summed E-state index contributed by atoms with van der Waals surface area (Å²) in [6.07, 6.45) is -3.81. The Kier molecular flexibility index (Phi) is 7.90. The number of carbonyl (C=O) groups excluding carboxylic acids is 2. The van der Waals surface area contributed by atoms with Crippen LogP contribution >= 0.6 is 0 Å². The molecule has 0 aliphatic carbocycles. The maximum absolute atomic E-state index is 12.5. The van der Waals surface area contributed by atoms with Gasteiger partial charge in [-0.05, 0) is 26.0 Å². The first-order valence-electron chi connectivity index (χ1n) is 8.86. The van der Waals surface area contributed by atoms with E-state index in [1.165, 1.54) is 37.4 Å². The molecule has 30 heavy (non-hydrogen) atoms. The van der Waals surface area contributed by atoms with Gasteiger partial charge < -0.3 is 19.4 Å². The van der Waals surface area contributed by atoms with Gasteiger partial charge in [-0.2, -0.15) is 18.2 Å². The number of rotatable bonds is 9. The van der Waals surface area contributed by atoms with Gasteiger partial charge in [-0.25, -0.2) is 4.79 Å². The maximum Gasteiger partial charge on any atom is 0.471 e. The van der Waals surface area contributed by atoms with Crippen molar-refractivity contribution in [3.63, 3.8) is 0 Å². The number of halogens is 3. The van der Waals surface area contributed by atoms with Crippen LogP contribution in [0.4, 0.5) is 13.2 Å². The Hall–Kier alpha value is -3.44. The maximum atomic E-state index is 12.5. The molecule has 1 atom stereocenters. The number of benzene rings is 1. The lowest BCUT2D eigenvalue weighted by Crippen LogP contribution is -2.24. The molecule has 162 valence electrons. The fourth-order valence-corrected chi connectivity index (χ4v) is 2.07. The van der Waals surface area contributed by atoms with E-state index in [9.17, 15) is 22.8 Å². The third-order valence-corrected chi connectivity index (χ3v) is 3.54. The molecule has 0 fully saturated rings. The summed E-state index contributed by atoms with van der Waals surface area (Å²) in [4.78, 5) is 31.6. The standard InChI is InChI=1S/C18H19F3N4O5/c1-3-28-16(27)11(2)29-23-10-4-9-22-15(26)13-7-5-12(6-8-13)14-24-17(30-25-14)18(19,20)21/h5-8,10-11H,3-4,9H2,1-2H3,(H,22,26)/b23-10-. The summed E-state index contributed by atoms with van der Waals surface area (Å²) in [5.74, 6) is -2.59. The molecule has 0 bridgehead atoms. The van der Waals surface area contributed by atoms with Gasteiger partial charge in [0.2, 0.25) is 11.9 Å². The van der Waals surface area contributed by atoms with Crippen LogP contribution in [0.2, 0.25) is 0 Å². The average molecular weight is 428 g/mol. The molecule has 12 heteroatoms. The molecule has 0 aliphatic rings. The molecule has 1 unspecified atom stereocenters. The van der Waals surface area contributed by atoms with E-state index in [-0.39, 0.29) is 30.4 Å². The van der Waals surface area contributed by atoms with Gasteiger partial charge in [0.15, 0.2) is 0 Å². The minimum atomic E-state index is -4.73. The van der Waals surface area contributed by atoms with Crippen molar-refractivity contribution in [3.05, 3.63) is 35.7 Å². The quantitative estimate of drug-likeness (QED) is 0.283. The van der Waals surface area contributed by atoms with Crippen LogP contribution in [0, 0.1) is 0 Å². The summed E-state index contributed by atoms with van der Waals surface area (Å²) in [5, 5.41) is 9.54. The Balaban J connectivity index is 1.79. The van der Waals surface area contributed by atoms with Gasteiger partial charge in [0.05, 0.1) is 6.61 Å². The van der Waals surface area contributed by atoms with E-state index >= 15 is 0 Å². The van der Waals surface area contributed by atoms with Crippen LogP contribution in [0.15, 0.2) is 33.9 Å². The van der Waals surface area contributed by atoms with Crippen molar-refractivity contribution in [3.8, 4) is 11.4 Å². The van der Waals surface area contributed by atoms with Crippen molar-refractivity contribution in [2.75, 3.05) is 13.2 Å². The SMILES string of the molecule is CCOC(=O)C(C)O/N=C\CCNC(=O)c1ccc(-c2noc(C(F)(F)F)n2)cc1. The van der Waals surface area contributed by atoms with E-state index < -0.39 is 24.1 Å². The molecular formula is C18H19F3N4O5.